The van der Waals surface area contributed by atoms with Crippen LogP contribution in [0.1, 0.15) is 50.5 Å². The monoisotopic (exact) mass is 429 g/mol. The lowest BCUT2D eigenvalue weighted by Crippen LogP contribution is -2.46. The van der Waals surface area contributed by atoms with Gasteiger partial charge in [0.15, 0.2) is 0 Å². The van der Waals surface area contributed by atoms with E-state index in [-0.39, 0.29) is 36.8 Å². The molecule has 3 rings (SSSR count). The standard InChI is InChI=1S/C22H35N3O.2ClH/c26-22(21-10-4-5-13-23-21)24-14-6-7-15-25-16-11-20(12-17-25)18-19-8-2-1-3-9-19;;/h1-3,8-9,20-21,23H,4-7,10-18H2,(H,24,26);2*1H/t21-;;/m1../s1. The van der Waals surface area contributed by atoms with Crippen LogP contribution in [0.5, 0.6) is 0 Å². The summed E-state index contributed by atoms with van der Waals surface area (Å²) in [6.45, 7) is 5.45. The maximum Gasteiger partial charge on any atom is 0.237 e. The van der Waals surface area contributed by atoms with Gasteiger partial charge in [0.05, 0.1) is 6.04 Å². The average Bonchev–Trinajstić information content (AvgIpc) is 2.70. The van der Waals surface area contributed by atoms with E-state index in [1.54, 1.807) is 0 Å². The highest BCUT2D eigenvalue weighted by molar-refractivity contribution is 5.85. The minimum atomic E-state index is 0. The van der Waals surface area contributed by atoms with Crippen LogP contribution in [0.4, 0.5) is 0 Å². The SMILES string of the molecule is Cl.Cl.O=C(NCCCCN1CCC(Cc2ccccc2)CC1)[C@H]1CCCCN1. The second-order valence-electron chi connectivity index (χ2n) is 7.98. The van der Waals surface area contributed by atoms with Gasteiger partial charge in [-0.05, 0) is 82.6 Å². The average molecular weight is 430 g/mol. The maximum atomic E-state index is 12.1. The molecule has 0 bridgehead atoms. The predicted octanol–water partition coefficient (Wildman–Crippen LogP) is 3.82. The van der Waals surface area contributed by atoms with Crippen molar-refractivity contribution in [2.75, 3.05) is 32.7 Å². The number of likely N-dealkylation sites (tertiary alicyclic amines) is 1. The van der Waals surface area contributed by atoms with Crippen molar-refractivity contribution in [1.29, 1.82) is 0 Å². The van der Waals surface area contributed by atoms with Gasteiger partial charge in [-0.2, -0.15) is 0 Å². The Morgan fingerprint density at radius 2 is 1.79 bits per heavy atom. The summed E-state index contributed by atoms with van der Waals surface area (Å²) in [5.41, 5.74) is 1.48. The highest BCUT2D eigenvalue weighted by Gasteiger charge is 2.20. The summed E-state index contributed by atoms with van der Waals surface area (Å²) in [5.74, 6) is 1.04. The molecule has 1 aromatic rings. The molecule has 6 heteroatoms. The molecular formula is C22H37Cl2N3O. The van der Waals surface area contributed by atoms with Gasteiger partial charge in [0.1, 0.15) is 0 Å². The molecule has 4 nitrogen and oxygen atoms in total. The van der Waals surface area contributed by atoms with Crippen LogP contribution in [-0.2, 0) is 11.2 Å². The number of nitrogens with zero attached hydrogens (tertiary/aromatic N) is 1. The number of hydrogen-bond acceptors (Lipinski definition) is 3. The van der Waals surface area contributed by atoms with E-state index in [4.69, 9.17) is 0 Å². The Bertz CT molecular complexity index is 530. The van der Waals surface area contributed by atoms with E-state index >= 15 is 0 Å². The van der Waals surface area contributed by atoms with Gasteiger partial charge in [-0.25, -0.2) is 0 Å². The molecule has 0 aliphatic carbocycles. The predicted molar refractivity (Wildman–Crippen MR) is 122 cm³/mol. The normalized spacial score (nSPS) is 20.6. The number of halogens is 2. The van der Waals surface area contributed by atoms with Gasteiger partial charge < -0.3 is 15.5 Å². The van der Waals surface area contributed by atoms with E-state index in [1.165, 1.54) is 63.7 Å². The molecule has 2 N–H and O–H groups in total. The third-order valence-corrected chi connectivity index (χ3v) is 5.90. The van der Waals surface area contributed by atoms with Crippen LogP contribution in [0.25, 0.3) is 0 Å². The van der Waals surface area contributed by atoms with Gasteiger partial charge in [0, 0.05) is 6.54 Å². The van der Waals surface area contributed by atoms with Crippen LogP contribution >= 0.6 is 24.8 Å². The first-order valence-corrected chi connectivity index (χ1v) is 10.6. The second kappa shape index (κ2) is 14.2. The molecule has 1 amide bonds. The third-order valence-electron chi connectivity index (χ3n) is 5.90. The van der Waals surface area contributed by atoms with Crippen LogP contribution in [0.3, 0.4) is 0 Å². The molecule has 160 valence electrons. The van der Waals surface area contributed by atoms with Crippen molar-refractivity contribution in [2.45, 2.75) is 57.4 Å². The number of rotatable bonds is 8. The molecule has 2 aliphatic rings. The van der Waals surface area contributed by atoms with Crippen molar-refractivity contribution in [1.82, 2.24) is 15.5 Å². The Labute approximate surface area is 183 Å². The lowest BCUT2D eigenvalue weighted by atomic mass is 9.90. The fraction of sp³-hybridized carbons (Fsp3) is 0.682. The molecule has 2 fully saturated rings. The van der Waals surface area contributed by atoms with E-state index < -0.39 is 0 Å². The smallest absolute Gasteiger partial charge is 0.237 e. The zero-order chi connectivity index (χ0) is 18.0. The zero-order valence-corrected chi connectivity index (χ0v) is 18.5. The van der Waals surface area contributed by atoms with Crippen molar-refractivity contribution in [3.63, 3.8) is 0 Å². The highest BCUT2D eigenvalue weighted by atomic mass is 35.5. The Morgan fingerprint density at radius 1 is 1.04 bits per heavy atom. The first-order chi connectivity index (χ1) is 12.8. The molecule has 0 spiro atoms. The van der Waals surface area contributed by atoms with Crippen LogP contribution in [0, 0.1) is 5.92 Å². The van der Waals surface area contributed by atoms with Gasteiger partial charge in [-0.3, -0.25) is 4.79 Å². The fourth-order valence-corrected chi connectivity index (χ4v) is 4.23. The summed E-state index contributed by atoms with van der Waals surface area (Å²) in [6.07, 6.45) is 9.50. The van der Waals surface area contributed by atoms with Crippen molar-refractivity contribution in [3.05, 3.63) is 35.9 Å². The molecular weight excluding hydrogens is 393 g/mol. The van der Waals surface area contributed by atoms with Gasteiger partial charge >= 0.3 is 0 Å². The second-order valence-corrected chi connectivity index (χ2v) is 7.98. The summed E-state index contributed by atoms with van der Waals surface area (Å²) < 4.78 is 0. The van der Waals surface area contributed by atoms with E-state index in [2.05, 4.69) is 45.9 Å². The fourth-order valence-electron chi connectivity index (χ4n) is 4.23. The lowest BCUT2D eigenvalue weighted by molar-refractivity contribution is -0.123. The number of hydrogen-bond donors (Lipinski definition) is 2. The van der Waals surface area contributed by atoms with Crippen LogP contribution in [0.2, 0.25) is 0 Å². The zero-order valence-electron chi connectivity index (χ0n) is 16.9. The van der Waals surface area contributed by atoms with Crippen LogP contribution in [-0.4, -0.2) is 49.6 Å². The number of piperidine rings is 2. The molecule has 0 aromatic heterocycles. The summed E-state index contributed by atoms with van der Waals surface area (Å²) in [6, 6.07) is 10.9. The number of nitrogens with one attached hydrogen (secondary N) is 2. The first kappa shape index (κ1) is 25.2. The molecule has 0 unspecified atom stereocenters. The summed E-state index contributed by atoms with van der Waals surface area (Å²) in [7, 11) is 0. The Morgan fingerprint density at radius 3 is 2.46 bits per heavy atom. The Kier molecular flexibility index (Phi) is 12.8. The van der Waals surface area contributed by atoms with Crippen LogP contribution in [0.15, 0.2) is 30.3 Å². The quantitative estimate of drug-likeness (QED) is 0.617. The van der Waals surface area contributed by atoms with Gasteiger partial charge in [-0.15, -0.1) is 24.8 Å². The number of carbonyl (C=O) groups is 1. The number of carbonyl (C=O) groups excluding carboxylic acids is 1. The van der Waals surface area contributed by atoms with Crippen LogP contribution < -0.4 is 10.6 Å². The number of unbranched alkanes of at least 4 members (excludes halogenated alkanes) is 1. The summed E-state index contributed by atoms with van der Waals surface area (Å²) in [5, 5.41) is 6.42. The first-order valence-electron chi connectivity index (χ1n) is 10.6. The van der Waals surface area contributed by atoms with E-state index in [0.717, 1.165) is 31.8 Å². The third kappa shape index (κ3) is 8.69. The molecule has 0 radical (unpaired) electrons. The number of benzene rings is 1. The minimum Gasteiger partial charge on any atom is -0.355 e. The molecule has 0 saturated carbocycles. The van der Waals surface area contributed by atoms with Crippen molar-refractivity contribution in [2.24, 2.45) is 5.92 Å². The van der Waals surface area contributed by atoms with E-state index in [9.17, 15) is 4.79 Å². The van der Waals surface area contributed by atoms with Gasteiger partial charge in [0.2, 0.25) is 5.91 Å². The summed E-state index contributed by atoms with van der Waals surface area (Å²) >= 11 is 0. The molecule has 2 heterocycles. The van der Waals surface area contributed by atoms with Crippen molar-refractivity contribution >= 4 is 30.7 Å². The van der Waals surface area contributed by atoms with Gasteiger partial charge in [-0.1, -0.05) is 36.8 Å². The molecule has 2 aliphatic heterocycles. The molecule has 2 saturated heterocycles. The van der Waals surface area contributed by atoms with Gasteiger partial charge in [0.25, 0.3) is 0 Å². The van der Waals surface area contributed by atoms with Crippen molar-refractivity contribution in [3.8, 4) is 0 Å². The molecule has 1 aromatic carbocycles. The molecule has 1 atom stereocenters. The Balaban J connectivity index is 0.00000196. The topological polar surface area (TPSA) is 44.4 Å². The number of amides is 1. The lowest BCUT2D eigenvalue weighted by Gasteiger charge is -2.32. The summed E-state index contributed by atoms with van der Waals surface area (Å²) in [4.78, 5) is 14.7. The largest absolute Gasteiger partial charge is 0.355 e. The highest BCUT2D eigenvalue weighted by Crippen LogP contribution is 2.21. The van der Waals surface area contributed by atoms with E-state index in [0.29, 0.717) is 0 Å². The minimum absolute atomic E-state index is 0. The molecule has 28 heavy (non-hydrogen) atoms. The van der Waals surface area contributed by atoms with E-state index in [1.807, 2.05) is 0 Å². The van der Waals surface area contributed by atoms with Crippen molar-refractivity contribution < 1.29 is 4.79 Å². The maximum absolute atomic E-state index is 12.1. The Hall–Kier alpha value is -0.810.